The smallest absolute Gasteiger partial charge is 0.416 e. The fourth-order valence-electron chi connectivity index (χ4n) is 3.53. The number of carbonyl (C=O) groups is 2. The quantitative estimate of drug-likeness (QED) is 0.412. The van der Waals surface area contributed by atoms with Crippen LogP contribution in [-0.4, -0.2) is 54.9 Å². The van der Waals surface area contributed by atoms with Crippen LogP contribution in [0.15, 0.2) is 5.10 Å². The topological polar surface area (TPSA) is 62.2 Å². The predicted molar refractivity (Wildman–Crippen MR) is 110 cm³/mol. The molecule has 0 aliphatic carbocycles. The molecule has 1 heterocycles. The number of hydrogen-bond donors (Lipinski definition) is 0. The summed E-state index contributed by atoms with van der Waals surface area (Å²) in [7, 11) is 3.81. The van der Waals surface area contributed by atoms with Gasteiger partial charge in [0.2, 0.25) is 5.91 Å². The van der Waals surface area contributed by atoms with E-state index < -0.39 is 6.09 Å². The molecule has 0 radical (unpaired) electrons. The highest BCUT2D eigenvalue weighted by atomic mass is 16.6. The average Bonchev–Trinajstić information content (AvgIpc) is 2.94. The van der Waals surface area contributed by atoms with Crippen molar-refractivity contribution in [2.45, 2.75) is 79.2 Å². The van der Waals surface area contributed by atoms with Crippen LogP contribution in [0.4, 0.5) is 4.79 Å². The molecule has 2 amide bonds. The van der Waals surface area contributed by atoms with E-state index in [0.717, 1.165) is 32.1 Å². The Hall–Kier alpha value is -1.59. The molecular formula is C21H39N3O3. The molecule has 0 aromatic rings. The van der Waals surface area contributed by atoms with Gasteiger partial charge >= 0.3 is 6.09 Å². The molecule has 1 rings (SSSR count). The number of imide groups is 1. The number of hydrogen-bond acceptors (Lipinski definition) is 5. The number of carbonyl (C=O) groups excluding carboxylic acids is 2. The first kappa shape index (κ1) is 23.4. The Balaban J connectivity index is 2.74. The van der Waals surface area contributed by atoms with Gasteiger partial charge in [-0.05, 0) is 36.5 Å². The molecule has 0 aromatic heterocycles. The van der Waals surface area contributed by atoms with E-state index in [9.17, 15) is 9.59 Å². The molecule has 27 heavy (non-hydrogen) atoms. The van der Waals surface area contributed by atoms with E-state index in [4.69, 9.17) is 4.74 Å². The van der Waals surface area contributed by atoms with Crippen molar-refractivity contribution in [2.24, 2.45) is 22.4 Å². The van der Waals surface area contributed by atoms with Crippen LogP contribution in [0.25, 0.3) is 0 Å². The maximum atomic E-state index is 13.0. The van der Waals surface area contributed by atoms with E-state index in [-0.39, 0.29) is 23.3 Å². The first-order chi connectivity index (χ1) is 12.6. The van der Waals surface area contributed by atoms with Gasteiger partial charge in [0.25, 0.3) is 0 Å². The van der Waals surface area contributed by atoms with Crippen molar-refractivity contribution in [3.63, 3.8) is 0 Å². The van der Waals surface area contributed by atoms with Crippen LogP contribution in [0, 0.1) is 17.3 Å². The monoisotopic (exact) mass is 381 g/mol. The second kappa shape index (κ2) is 10.7. The summed E-state index contributed by atoms with van der Waals surface area (Å²) in [6.07, 6.45) is 6.95. The molecule has 1 aliphatic rings. The normalized spacial score (nSPS) is 20.0. The number of hydrazone groups is 1. The van der Waals surface area contributed by atoms with Gasteiger partial charge in [0.05, 0.1) is 6.04 Å². The molecule has 156 valence electrons. The van der Waals surface area contributed by atoms with Crippen LogP contribution in [0.3, 0.4) is 0 Å². The van der Waals surface area contributed by atoms with Gasteiger partial charge in [-0.1, -0.05) is 47.5 Å². The standard InChI is InChI=1S/C21H39N3O3/c1-8-9-10-17(13-16(2)11-12-22-23(6)7)14-19(25)24-18(21(3,4)5)15-27-20(24)26/h12,16-18H,8-11,13-15H2,1-7H3/b22-12+/t16-,17+,18-/m1/s1. The zero-order valence-electron chi connectivity index (χ0n) is 18.3. The summed E-state index contributed by atoms with van der Waals surface area (Å²) in [4.78, 5) is 26.5. The molecule has 0 aromatic carbocycles. The van der Waals surface area contributed by atoms with Gasteiger partial charge < -0.3 is 9.75 Å². The van der Waals surface area contributed by atoms with Crippen molar-refractivity contribution in [1.82, 2.24) is 9.91 Å². The second-order valence-corrected chi connectivity index (χ2v) is 9.16. The largest absolute Gasteiger partial charge is 0.447 e. The molecule has 3 atom stereocenters. The maximum absolute atomic E-state index is 13.0. The Bertz CT molecular complexity index is 511. The summed E-state index contributed by atoms with van der Waals surface area (Å²) in [6, 6.07) is -0.186. The molecule has 0 unspecified atom stereocenters. The Morgan fingerprint density at radius 2 is 2.07 bits per heavy atom. The maximum Gasteiger partial charge on any atom is 0.416 e. The Labute approximate surface area is 165 Å². The van der Waals surface area contributed by atoms with Crippen LogP contribution >= 0.6 is 0 Å². The Kier molecular flexibility index (Phi) is 9.27. The molecular weight excluding hydrogens is 342 g/mol. The molecule has 0 N–H and O–H groups in total. The Morgan fingerprint density at radius 1 is 1.41 bits per heavy atom. The highest BCUT2D eigenvalue weighted by Gasteiger charge is 2.44. The first-order valence-corrected chi connectivity index (χ1v) is 10.2. The van der Waals surface area contributed by atoms with Gasteiger partial charge in [-0.2, -0.15) is 5.10 Å². The van der Waals surface area contributed by atoms with Crippen LogP contribution in [0.5, 0.6) is 0 Å². The highest BCUT2D eigenvalue weighted by molar-refractivity contribution is 5.93. The molecule has 0 spiro atoms. The van der Waals surface area contributed by atoms with Crippen molar-refractivity contribution in [3.8, 4) is 0 Å². The van der Waals surface area contributed by atoms with E-state index in [2.05, 4.69) is 18.9 Å². The average molecular weight is 382 g/mol. The molecule has 6 heteroatoms. The molecule has 0 saturated carbocycles. The molecule has 0 bridgehead atoms. The van der Waals surface area contributed by atoms with Crippen molar-refractivity contribution < 1.29 is 14.3 Å². The molecule has 1 fully saturated rings. The number of ether oxygens (including phenoxy) is 1. The molecule has 6 nitrogen and oxygen atoms in total. The summed E-state index contributed by atoms with van der Waals surface area (Å²) >= 11 is 0. The van der Waals surface area contributed by atoms with E-state index in [1.54, 1.807) is 5.01 Å². The lowest BCUT2D eigenvalue weighted by molar-refractivity contribution is -0.131. The van der Waals surface area contributed by atoms with E-state index in [1.807, 2.05) is 41.1 Å². The van der Waals surface area contributed by atoms with Crippen LogP contribution in [0.1, 0.15) is 73.1 Å². The van der Waals surface area contributed by atoms with E-state index in [0.29, 0.717) is 18.9 Å². The van der Waals surface area contributed by atoms with Crippen molar-refractivity contribution in [2.75, 3.05) is 20.7 Å². The lowest BCUT2D eigenvalue weighted by Crippen LogP contribution is -2.46. The van der Waals surface area contributed by atoms with E-state index >= 15 is 0 Å². The minimum atomic E-state index is -0.486. The third-order valence-electron chi connectivity index (χ3n) is 5.13. The van der Waals surface area contributed by atoms with Gasteiger partial charge in [0, 0.05) is 26.7 Å². The first-order valence-electron chi connectivity index (χ1n) is 10.2. The number of unbranched alkanes of at least 4 members (excludes halogenated alkanes) is 1. The lowest BCUT2D eigenvalue weighted by atomic mass is 9.85. The summed E-state index contributed by atoms with van der Waals surface area (Å²) in [5.41, 5.74) is -0.184. The fraction of sp³-hybridized carbons (Fsp3) is 0.857. The Morgan fingerprint density at radius 3 is 2.63 bits per heavy atom. The van der Waals surface area contributed by atoms with Crippen LogP contribution < -0.4 is 0 Å². The number of cyclic esters (lactones) is 1. The van der Waals surface area contributed by atoms with Crippen molar-refractivity contribution in [3.05, 3.63) is 0 Å². The summed E-state index contributed by atoms with van der Waals surface area (Å²) in [6.45, 7) is 10.8. The van der Waals surface area contributed by atoms with Gasteiger partial charge in [-0.15, -0.1) is 0 Å². The predicted octanol–water partition coefficient (Wildman–Crippen LogP) is 4.54. The minimum absolute atomic E-state index is 0.0901. The highest BCUT2D eigenvalue weighted by Crippen LogP contribution is 2.32. The zero-order chi connectivity index (χ0) is 20.6. The zero-order valence-corrected chi connectivity index (χ0v) is 18.3. The summed E-state index contributed by atoms with van der Waals surface area (Å²) in [5, 5.41) is 6.06. The minimum Gasteiger partial charge on any atom is -0.447 e. The van der Waals surface area contributed by atoms with Crippen LogP contribution in [0.2, 0.25) is 0 Å². The summed E-state index contributed by atoms with van der Waals surface area (Å²) in [5.74, 6) is 0.647. The van der Waals surface area contributed by atoms with Gasteiger partial charge in [0.1, 0.15) is 6.61 Å². The molecule has 1 saturated heterocycles. The molecule has 1 aliphatic heterocycles. The third kappa shape index (κ3) is 7.89. The van der Waals surface area contributed by atoms with Crippen molar-refractivity contribution >= 4 is 18.2 Å². The van der Waals surface area contributed by atoms with Crippen LogP contribution in [-0.2, 0) is 9.53 Å². The SMILES string of the molecule is CCCC[C@H](CC(=O)N1C(=O)OC[C@@H]1C(C)(C)C)C[C@H](C)C/C=N/N(C)C. The fourth-order valence-corrected chi connectivity index (χ4v) is 3.53. The summed E-state index contributed by atoms with van der Waals surface area (Å²) < 4.78 is 5.19. The number of nitrogens with zero attached hydrogens (tertiary/aromatic N) is 3. The number of amides is 2. The van der Waals surface area contributed by atoms with Gasteiger partial charge in [-0.25, -0.2) is 9.69 Å². The second-order valence-electron chi connectivity index (χ2n) is 9.16. The van der Waals surface area contributed by atoms with E-state index in [1.165, 1.54) is 4.90 Å². The van der Waals surface area contributed by atoms with Gasteiger partial charge in [-0.3, -0.25) is 4.79 Å². The lowest BCUT2D eigenvalue weighted by Gasteiger charge is -2.32. The third-order valence-corrected chi connectivity index (χ3v) is 5.13. The number of rotatable bonds is 10. The van der Waals surface area contributed by atoms with Crippen molar-refractivity contribution in [1.29, 1.82) is 0 Å². The van der Waals surface area contributed by atoms with Gasteiger partial charge in [0.15, 0.2) is 0 Å².